The molecule has 1 aliphatic carbocycles. The van der Waals surface area contributed by atoms with E-state index in [0.717, 1.165) is 55.6 Å². The van der Waals surface area contributed by atoms with Gasteiger partial charge in [0, 0.05) is 17.1 Å². The van der Waals surface area contributed by atoms with Crippen molar-refractivity contribution in [2.45, 2.75) is 6.04 Å². The van der Waals surface area contributed by atoms with Gasteiger partial charge in [-0.25, -0.2) is 4.98 Å². The van der Waals surface area contributed by atoms with Crippen LogP contribution in [0.2, 0.25) is 0 Å². The second-order valence-electron chi connectivity index (χ2n) is 8.38. The van der Waals surface area contributed by atoms with Gasteiger partial charge in [-0.05, 0) is 40.5 Å². The number of hydrogen-bond acceptors (Lipinski definition) is 4. The fourth-order valence-electron chi connectivity index (χ4n) is 4.97. The highest BCUT2D eigenvalue weighted by Crippen LogP contribution is 2.47. The highest BCUT2D eigenvalue weighted by atomic mass is 16.1. The Morgan fingerprint density at radius 1 is 0.853 bits per heavy atom. The molecule has 7 nitrogen and oxygen atoms in total. The van der Waals surface area contributed by atoms with Crippen molar-refractivity contribution in [1.82, 2.24) is 30.5 Å². The van der Waals surface area contributed by atoms with E-state index < -0.39 is 0 Å². The van der Waals surface area contributed by atoms with Crippen LogP contribution in [0.1, 0.15) is 27.5 Å². The molecule has 0 radical (unpaired) electrons. The third-order valence-corrected chi connectivity index (χ3v) is 6.49. The van der Waals surface area contributed by atoms with Gasteiger partial charge in [-0.1, -0.05) is 48.5 Å². The molecule has 34 heavy (non-hydrogen) atoms. The molecule has 3 heterocycles. The van der Waals surface area contributed by atoms with E-state index in [0.29, 0.717) is 5.56 Å². The Morgan fingerprint density at radius 3 is 2.65 bits per heavy atom. The lowest BCUT2D eigenvalue weighted by Gasteiger charge is -2.16. The average molecular weight is 442 g/mol. The van der Waals surface area contributed by atoms with Crippen molar-refractivity contribution in [1.29, 1.82) is 0 Å². The maximum atomic E-state index is 13.4. The quantitative estimate of drug-likeness (QED) is 0.359. The van der Waals surface area contributed by atoms with Gasteiger partial charge in [0.1, 0.15) is 5.82 Å². The molecule has 1 unspecified atom stereocenters. The molecule has 162 valence electrons. The number of aromatic amines is 2. The normalized spacial score (nSPS) is 14.3. The molecule has 3 aromatic heterocycles. The Morgan fingerprint density at radius 2 is 1.71 bits per heavy atom. The highest BCUT2D eigenvalue weighted by molar-refractivity contribution is 6.06. The molecule has 0 saturated heterocycles. The Hall–Kier alpha value is -4.78. The summed E-state index contributed by atoms with van der Waals surface area (Å²) in [7, 11) is 0. The monoisotopic (exact) mass is 442 g/mol. The number of carbonyl (C=O) groups is 1. The average Bonchev–Trinajstić information content (AvgIpc) is 3.60. The first-order valence-corrected chi connectivity index (χ1v) is 11.0. The first kappa shape index (κ1) is 18.8. The zero-order valence-electron chi connectivity index (χ0n) is 17.9. The first-order valence-electron chi connectivity index (χ1n) is 11.0. The van der Waals surface area contributed by atoms with E-state index in [2.05, 4.69) is 49.7 Å². The van der Waals surface area contributed by atoms with Gasteiger partial charge in [0.05, 0.1) is 40.5 Å². The molecule has 7 rings (SSSR count). The van der Waals surface area contributed by atoms with Gasteiger partial charge in [0.2, 0.25) is 0 Å². The van der Waals surface area contributed by atoms with E-state index in [4.69, 9.17) is 4.98 Å². The number of nitrogens with one attached hydrogen (secondary N) is 3. The highest BCUT2D eigenvalue weighted by Gasteiger charge is 2.32. The summed E-state index contributed by atoms with van der Waals surface area (Å²) in [5.74, 6) is 0.643. The summed E-state index contributed by atoms with van der Waals surface area (Å²) >= 11 is 0. The van der Waals surface area contributed by atoms with E-state index in [1.807, 2.05) is 42.5 Å². The summed E-state index contributed by atoms with van der Waals surface area (Å²) in [5.41, 5.74) is 8.47. The largest absolute Gasteiger partial charge is 0.341 e. The molecular weight excluding hydrogens is 424 g/mol. The van der Waals surface area contributed by atoms with Crippen LogP contribution in [-0.2, 0) is 0 Å². The van der Waals surface area contributed by atoms with E-state index >= 15 is 0 Å². The topological polar surface area (TPSA) is 99.4 Å². The summed E-state index contributed by atoms with van der Waals surface area (Å²) in [4.78, 5) is 25.8. The Bertz CT molecular complexity index is 1700. The Labute approximate surface area is 193 Å². The summed E-state index contributed by atoms with van der Waals surface area (Å²) in [5, 5.41) is 11.1. The fourth-order valence-corrected chi connectivity index (χ4v) is 4.97. The van der Waals surface area contributed by atoms with Crippen LogP contribution < -0.4 is 5.32 Å². The minimum absolute atomic E-state index is 0.139. The van der Waals surface area contributed by atoms with Crippen LogP contribution in [0.25, 0.3) is 44.5 Å². The van der Waals surface area contributed by atoms with Gasteiger partial charge in [-0.3, -0.25) is 14.9 Å². The van der Waals surface area contributed by atoms with Crippen molar-refractivity contribution in [3.05, 3.63) is 102 Å². The lowest BCUT2D eigenvalue weighted by Crippen LogP contribution is -2.28. The maximum absolute atomic E-state index is 13.4. The van der Waals surface area contributed by atoms with Crippen LogP contribution in [0.4, 0.5) is 0 Å². The first-order chi connectivity index (χ1) is 16.8. The number of rotatable bonds is 3. The number of benzene rings is 3. The Kier molecular flexibility index (Phi) is 3.92. The minimum atomic E-state index is -0.271. The number of nitrogens with zero attached hydrogens (tertiary/aromatic N) is 3. The molecule has 0 aliphatic heterocycles. The van der Waals surface area contributed by atoms with Crippen molar-refractivity contribution < 1.29 is 4.79 Å². The number of fused-ring (bicyclic) bond motifs is 5. The van der Waals surface area contributed by atoms with Crippen LogP contribution in [-0.4, -0.2) is 31.1 Å². The number of pyridine rings is 1. The molecular formula is C27H18N6O. The zero-order valence-corrected chi connectivity index (χ0v) is 17.9. The molecule has 1 aliphatic rings. The number of hydrogen-bond donors (Lipinski definition) is 3. The van der Waals surface area contributed by atoms with E-state index in [9.17, 15) is 4.79 Å². The molecule has 7 heteroatoms. The molecule has 0 fully saturated rings. The lowest BCUT2D eigenvalue weighted by molar-refractivity contribution is 0.0945. The number of carbonyl (C=O) groups excluding carboxylic acids is 1. The number of H-pyrrole nitrogens is 2. The number of imidazole rings is 1. The van der Waals surface area contributed by atoms with Crippen LogP contribution in [0.15, 0.2) is 85.3 Å². The molecule has 0 bridgehead atoms. The molecule has 3 N–H and O–H groups in total. The van der Waals surface area contributed by atoms with Gasteiger partial charge in [-0.2, -0.15) is 5.10 Å². The van der Waals surface area contributed by atoms with Gasteiger partial charge in [0.15, 0.2) is 0 Å². The predicted molar refractivity (Wildman–Crippen MR) is 130 cm³/mol. The lowest BCUT2D eigenvalue weighted by atomic mass is 9.98. The molecule has 0 saturated carbocycles. The third-order valence-electron chi connectivity index (χ3n) is 6.49. The summed E-state index contributed by atoms with van der Waals surface area (Å²) in [6, 6.07) is 21.6. The molecule has 1 amide bonds. The van der Waals surface area contributed by atoms with Crippen molar-refractivity contribution in [2.24, 2.45) is 0 Å². The molecule has 1 atom stereocenters. The fraction of sp³-hybridized carbons (Fsp3) is 0.0370. The summed E-state index contributed by atoms with van der Waals surface area (Å²) in [6.45, 7) is 0. The van der Waals surface area contributed by atoms with Crippen molar-refractivity contribution in [2.75, 3.05) is 0 Å². The second-order valence-corrected chi connectivity index (χ2v) is 8.38. The number of aromatic nitrogens is 5. The van der Waals surface area contributed by atoms with Crippen molar-refractivity contribution in [3.63, 3.8) is 0 Å². The zero-order chi connectivity index (χ0) is 22.6. The summed E-state index contributed by atoms with van der Waals surface area (Å²) in [6.07, 6.45) is 5.21. The van der Waals surface area contributed by atoms with Crippen LogP contribution in [0.3, 0.4) is 0 Å². The maximum Gasteiger partial charge on any atom is 0.252 e. The molecule has 6 aromatic rings. The predicted octanol–water partition coefficient (Wildman–Crippen LogP) is 5.00. The second kappa shape index (κ2) is 7.11. The van der Waals surface area contributed by atoms with Gasteiger partial charge in [0.25, 0.3) is 5.91 Å². The van der Waals surface area contributed by atoms with Crippen LogP contribution >= 0.6 is 0 Å². The summed E-state index contributed by atoms with van der Waals surface area (Å²) < 4.78 is 0. The van der Waals surface area contributed by atoms with Crippen molar-refractivity contribution in [3.8, 4) is 22.5 Å². The van der Waals surface area contributed by atoms with Gasteiger partial charge < -0.3 is 10.3 Å². The van der Waals surface area contributed by atoms with Gasteiger partial charge >= 0.3 is 0 Å². The standard InChI is InChI=1S/C27H18N6O/c34-27(17-7-4-10-21-20(17)13-29-33-21)32-25-16-6-2-1-5-15(16)24-18(25)8-3-9-19(24)26-30-22-11-12-28-14-23(22)31-26/h1-14,25H,(H,29,33)(H,30,31)(H,32,34). The third kappa shape index (κ3) is 2.70. The van der Waals surface area contributed by atoms with Crippen molar-refractivity contribution >= 4 is 27.8 Å². The smallest absolute Gasteiger partial charge is 0.252 e. The van der Waals surface area contributed by atoms with E-state index in [-0.39, 0.29) is 11.9 Å². The van der Waals surface area contributed by atoms with Gasteiger partial charge in [-0.15, -0.1) is 0 Å². The minimum Gasteiger partial charge on any atom is -0.341 e. The Balaban J connectivity index is 1.36. The van der Waals surface area contributed by atoms with Crippen LogP contribution in [0, 0.1) is 0 Å². The SMILES string of the molecule is O=C(NC1c2ccccc2-c2c(-c3nc4ccncc4[nH]3)cccc21)c1cccc2[nH]ncc12. The molecule has 0 spiro atoms. The van der Waals surface area contributed by atoms with E-state index in [1.165, 1.54) is 0 Å². The molecule has 3 aromatic carbocycles. The van der Waals surface area contributed by atoms with E-state index in [1.54, 1.807) is 18.6 Å². The van der Waals surface area contributed by atoms with Crippen LogP contribution in [0.5, 0.6) is 0 Å². The number of amides is 1.